The second kappa shape index (κ2) is 16.6. The number of phenolic OH excluding ortho intramolecular Hbond substituents is 1. The van der Waals surface area contributed by atoms with Crippen LogP contribution in [0.15, 0.2) is 66.3 Å². The summed E-state index contributed by atoms with van der Waals surface area (Å²) in [5.74, 6) is -1.39. The molecule has 2 aromatic rings. The van der Waals surface area contributed by atoms with Gasteiger partial charge in [-0.1, -0.05) is 88.1 Å². The largest absolute Gasteiger partial charge is 0.508 e. The monoisotopic (exact) mass is 605 g/mol. The molecule has 238 valence electrons. The van der Waals surface area contributed by atoms with Gasteiger partial charge in [0.2, 0.25) is 5.91 Å². The fourth-order valence-electron chi connectivity index (χ4n) is 5.91. The lowest BCUT2D eigenvalue weighted by molar-refractivity contribution is -0.190. The second-order valence-electron chi connectivity index (χ2n) is 11.6. The number of esters is 1. The first kappa shape index (κ1) is 33.4. The lowest BCUT2D eigenvalue weighted by Crippen LogP contribution is -2.44. The normalized spacial score (nSPS) is 20.7. The molecule has 2 aromatic carbocycles. The third-order valence-electron chi connectivity index (χ3n) is 8.26. The van der Waals surface area contributed by atoms with Crippen molar-refractivity contribution in [2.45, 2.75) is 102 Å². The first-order valence-corrected chi connectivity index (χ1v) is 16.1. The highest BCUT2D eigenvalue weighted by molar-refractivity contribution is 5.95. The van der Waals surface area contributed by atoms with Crippen molar-refractivity contribution in [1.29, 1.82) is 0 Å². The zero-order valence-corrected chi connectivity index (χ0v) is 26.0. The van der Waals surface area contributed by atoms with Crippen LogP contribution in [-0.4, -0.2) is 59.3 Å². The van der Waals surface area contributed by atoms with Gasteiger partial charge in [0.25, 0.3) is 0 Å². The molecule has 0 radical (unpaired) electrons. The number of carbonyl (C=O) groups excluding carboxylic acids is 2. The van der Waals surface area contributed by atoms with Crippen molar-refractivity contribution in [1.82, 2.24) is 5.32 Å². The maximum Gasteiger partial charge on any atom is 0.339 e. The number of aliphatic hydroxyl groups is 1. The predicted octanol–water partition coefficient (Wildman–Crippen LogP) is 6.25. The maximum absolute atomic E-state index is 13.7. The second-order valence-corrected chi connectivity index (χ2v) is 11.6. The van der Waals surface area contributed by atoms with E-state index >= 15 is 0 Å². The minimum absolute atomic E-state index is 0.129. The number of hydrogen-bond donors (Lipinski definition) is 3. The summed E-state index contributed by atoms with van der Waals surface area (Å²) in [6, 6.07) is 14.4. The third-order valence-corrected chi connectivity index (χ3v) is 8.26. The van der Waals surface area contributed by atoms with Gasteiger partial charge in [-0.3, -0.25) is 4.79 Å². The molecule has 1 aliphatic heterocycles. The molecule has 4 rings (SSSR count). The van der Waals surface area contributed by atoms with E-state index in [0.717, 1.165) is 56.9 Å². The van der Waals surface area contributed by atoms with Gasteiger partial charge in [-0.2, -0.15) is 0 Å². The van der Waals surface area contributed by atoms with Crippen LogP contribution in [0.2, 0.25) is 0 Å². The molecule has 1 amide bonds. The number of hydrogen-bond acceptors (Lipinski definition) is 7. The standard InChI is InChI=1S/C36H47NO7/c1-3-5-11-20-36(21-12-6-4-2)43-32-25-28(34(40)37-22-23-38)24-31(33(32)44-36)42-35(41)29-18-9-7-14-26(29)16-13-17-27-15-8-10-19-30(27)39/h7-10,13-16,18-19,25,31-33,38-39H,3-6,11-12,17,20-24H2,1-2H3,(H,37,40). The van der Waals surface area contributed by atoms with E-state index in [0.29, 0.717) is 23.1 Å². The molecule has 1 aliphatic carbocycles. The number of carbonyl (C=O) groups is 2. The lowest BCUT2D eigenvalue weighted by atomic mass is 9.91. The van der Waals surface area contributed by atoms with E-state index in [1.54, 1.807) is 30.3 Å². The van der Waals surface area contributed by atoms with Crippen LogP contribution in [0.25, 0.3) is 6.08 Å². The summed E-state index contributed by atoms with van der Waals surface area (Å²) in [5.41, 5.74) is 2.33. The summed E-state index contributed by atoms with van der Waals surface area (Å²) in [4.78, 5) is 26.7. The third kappa shape index (κ3) is 8.80. The topological polar surface area (TPSA) is 114 Å². The molecule has 2 aliphatic rings. The van der Waals surface area contributed by atoms with Crippen LogP contribution >= 0.6 is 0 Å². The van der Waals surface area contributed by atoms with E-state index in [4.69, 9.17) is 14.2 Å². The van der Waals surface area contributed by atoms with Crippen LogP contribution in [0.5, 0.6) is 5.75 Å². The molecular formula is C36H47NO7. The zero-order valence-electron chi connectivity index (χ0n) is 26.0. The Bertz CT molecular complexity index is 1290. The highest BCUT2D eigenvalue weighted by Gasteiger charge is 2.52. The van der Waals surface area contributed by atoms with Crippen molar-refractivity contribution >= 4 is 18.0 Å². The molecule has 44 heavy (non-hydrogen) atoms. The Balaban J connectivity index is 1.56. The van der Waals surface area contributed by atoms with Crippen LogP contribution < -0.4 is 5.32 Å². The highest BCUT2D eigenvalue weighted by atomic mass is 16.8. The van der Waals surface area contributed by atoms with Crippen molar-refractivity contribution in [3.8, 4) is 5.75 Å². The summed E-state index contributed by atoms with van der Waals surface area (Å²) >= 11 is 0. The van der Waals surface area contributed by atoms with Crippen molar-refractivity contribution < 1.29 is 34.0 Å². The summed E-state index contributed by atoms with van der Waals surface area (Å²) in [6.45, 7) is 4.28. The quantitative estimate of drug-likeness (QED) is 0.153. The molecule has 0 saturated carbocycles. The van der Waals surface area contributed by atoms with Gasteiger partial charge in [-0.05, 0) is 48.6 Å². The van der Waals surface area contributed by atoms with E-state index in [1.807, 2.05) is 36.4 Å². The molecule has 8 nitrogen and oxygen atoms in total. The zero-order chi connectivity index (χ0) is 31.4. The Hall–Kier alpha value is -3.46. The van der Waals surface area contributed by atoms with Gasteiger partial charge in [0.1, 0.15) is 24.1 Å². The van der Waals surface area contributed by atoms with Gasteiger partial charge in [0.05, 0.1) is 12.2 Å². The molecule has 3 unspecified atom stereocenters. The van der Waals surface area contributed by atoms with Gasteiger partial charge in [0, 0.05) is 31.4 Å². The average Bonchev–Trinajstić information content (AvgIpc) is 3.40. The van der Waals surface area contributed by atoms with E-state index in [-0.39, 0.29) is 31.2 Å². The van der Waals surface area contributed by atoms with Crippen molar-refractivity contribution in [2.75, 3.05) is 13.2 Å². The number of allylic oxidation sites excluding steroid dienone is 1. The van der Waals surface area contributed by atoms with Gasteiger partial charge in [0.15, 0.2) is 5.79 Å². The Morgan fingerprint density at radius 2 is 1.70 bits per heavy atom. The smallest absolute Gasteiger partial charge is 0.339 e. The molecule has 1 fully saturated rings. The van der Waals surface area contributed by atoms with Crippen LogP contribution in [0.1, 0.15) is 93.1 Å². The van der Waals surface area contributed by atoms with Gasteiger partial charge in [-0.15, -0.1) is 0 Å². The predicted molar refractivity (Wildman–Crippen MR) is 170 cm³/mol. The number of para-hydroxylation sites is 1. The first-order chi connectivity index (χ1) is 21.4. The van der Waals surface area contributed by atoms with Crippen molar-refractivity contribution in [3.63, 3.8) is 0 Å². The summed E-state index contributed by atoms with van der Waals surface area (Å²) in [5, 5.41) is 22.1. The molecule has 3 N–H and O–H groups in total. The van der Waals surface area contributed by atoms with Crippen molar-refractivity contribution in [3.05, 3.63) is 82.9 Å². The van der Waals surface area contributed by atoms with E-state index in [2.05, 4.69) is 19.2 Å². The number of ether oxygens (including phenoxy) is 3. The fraction of sp³-hybridized carbons (Fsp3) is 0.500. The number of phenols is 1. The number of rotatable bonds is 16. The lowest BCUT2D eigenvalue weighted by Gasteiger charge is -2.31. The number of aromatic hydroxyl groups is 1. The number of amides is 1. The summed E-state index contributed by atoms with van der Waals surface area (Å²) < 4.78 is 19.5. The SMILES string of the molecule is CCCCCC1(CCCCC)OC2C=C(C(=O)NCCO)CC(OC(=O)c3ccccc3C=CCc3ccccc3O)C2O1. The molecule has 1 heterocycles. The Morgan fingerprint density at radius 3 is 2.41 bits per heavy atom. The Morgan fingerprint density at radius 1 is 1.00 bits per heavy atom. The number of fused-ring (bicyclic) bond motifs is 1. The number of unbranched alkanes of at least 4 members (excludes halogenated alkanes) is 4. The Kier molecular flexibility index (Phi) is 12.6. The summed E-state index contributed by atoms with van der Waals surface area (Å²) in [7, 11) is 0. The van der Waals surface area contributed by atoms with Gasteiger partial charge in [-0.25, -0.2) is 4.79 Å². The van der Waals surface area contributed by atoms with Crippen molar-refractivity contribution in [2.24, 2.45) is 0 Å². The number of aliphatic hydroxyl groups excluding tert-OH is 1. The minimum atomic E-state index is -0.790. The van der Waals surface area contributed by atoms with Crippen LogP contribution in [0, 0.1) is 0 Å². The highest BCUT2D eigenvalue weighted by Crippen LogP contribution is 2.43. The molecule has 0 aromatic heterocycles. The summed E-state index contributed by atoms with van der Waals surface area (Å²) in [6.07, 6.45) is 12.1. The fourth-order valence-corrected chi connectivity index (χ4v) is 5.91. The minimum Gasteiger partial charge on any atom is -0.508 e. The van der Waals surface area contributed by atoms with Gasteiger partial charge < -0.3 is 29.7 Å². The Labute approximate surface area is 261 Å². The maximum atomic E-state index is 13.7. The molecule has 0 bridgehead atoms. The molecule has 0 spiro atoms. The van der Waals surface area contributed by atoms with Crippen LogP contribution in [0.3, 0.4) is 0 Å². The average molecular weight is 606 g/mol. The number of nitrogens with one attached hydrogen (secondary N) is 1. The van der Waals surface area contributed by atoms with E-state index in [1.165, 1.54) is 0 Å². The molecule has 8 heteroatoms. The molecular weight excluding hydrogens is 558 g/mol. The van der Waals surface area contributed by atoms with E-state index < -0.39 is 30.1 Å². The van der Waals surface area contributed by atoms with Crippen LogP contribution in [-0.2, 0) is 25.4 Å². The number of benzene rings is 2. The first-order valence-electron chi connectivity index (χ1n) is 16.1. The van der Waals surface area contributed by atoms with Crippen LogP contribution in [0.4, 0.5) is 0 Å². The molecule has 1 saturated heterocycles. The molecule has 3 atom stereocenters. The van der Waals surface area contributed by atoms with E-state index in [9.17, 15) is 19.8 Å². The van der Waals surface area contributed by atoms with Gasteiger partial charge >= 0.3 is 5.97 Å².